The van der Waals surface area contributed by atoms with Crippen LogP contribution in [0.1, 0.15) is 141 Å². The Kier molecular flexibility index (Phi) is 12.9. The number of pyridine rings is 1. The van der Waals surface area contributed by atoms with Gasteiger partial charge < -0.3 is 5.11 Å². The van der Waals surface area contributed by atoms with Crippen molar-refractivity contribution in [3.05, 3.63) is 216 Å². The van der Waals surface area contributed by atoms with E-state index in [1.807, 2.05) is 42.6 Å². The molecule has 0 radical (unpaired) electrons. The molecule has 2 aromatic heterocycles. The first-order chi connectivity index (χ1) is 38.4. The largest absolute Gasteiger partial charge is 0.507 e. The van der Waals surface area contributed by atoms with Gasteiger partial charge in [0.1, 0.15) is 11.6 Å². The summed E-state index contributed by atoms with van der Waals surface area (Å²) in [5.74, 6) is 0.874. The maximum absolute atomic E-state index is 12.9. The van der Waals surface area contributed by atoms with Crippen LogP contribution in [0.4, 0.5) is 0 Å². The third-order valence-electron chi connectivity index (χ3n) is 15.7. The summed E-state index contributed by atoms with van der Waals surface area (Å²) in [6.07, 6.45) is 1.87. The van der Waals surface area contributed by atoms with E-state index in [-0.39, 0.29) is 32.8 Å². The van der Waals surface area contributed by atoms with E-state index in [2.05, 4.69) is 248 Å². The molecule has 0 bridgehead atoms. The van der Waals surface area contributed by atoms with E-state index in [4.69, 9.17) is 14.1 Å². The second kappa shape index (κ2) is 20.1. The molecule has 2 heterocycles. The molecule has 10 aromatic rings. The number of hydrogen-bond acceptors (Lipinski definition) is 3. The van der Waals surface area contributed by atoms with Crippen molar-refractivity contribution >= 4 is 11.0 Å². The topological polar surface area (TPSA) is 50.9 Å². The maximum Gasteiger partial charge on any atom is 0.149 e. The van der Waals surface area contributed by atoms with Crippen molar-refractivity contribution in [1.82, 2.24) is 14.5 Å². The van der Waals surface area contributed by atoms with Crippen LogP contribution < -0.4 is 0 Å². The Bertz CT molecular complexity index is 3960. The highest BCUT2D eigenvalue weighted by Crippen LogP contribution is 2.49. The maximum atomic E-state index is 12.9. The summed E-state index contributed by atoms with van der Waals surface area (Å²) < 4.78 is 27.7. The normalized spacial score (nSPS) is 13.3. The first kappa shape index (κ1) is 50.7. The molecular weight excluding hydrogens is 959 g/mol. The van der Waals surface area contributed by atoms with Crippen LogP contribution in [-0.4, -0.2) is 19.6 Å². The quantitative estimate of drug-likeness (QED) is 0.165. The van der Waals surface area contributed by atoms with Gasteiger partial charge in [-0.15, -0.1) is 0 Å². The zero-order valence-corrected chi connectivity index (χ0v) is 49.1. The van der Waals surface area contributed by atoms with Gasteiger partial charge in [0.2, 0.25) is 0 Å². The SMILES string of the molecule is [2H]C([2H])([2H])c1cc(C(C)(C)C)ccc1-c1ccc(-c2ccnc(-c3cc(-c4cccc5c4nc(-c4cc(C(C)(C)C)cc(C(C)(C)C)c4O)n5-c4c(-c5ccccc5)cc(C(C)(C)C)cc4-c4ccccc4)cc(C(C)(C)C)c3)c2)cc1. The number of aromatic nitrogens is 3. The van der Waals surface area contributed by atoms with E-state index in [0.29, 0.717) is 22.5 Å². The Morgan fingerprint density at radius 2 is 0.924 bits per heavy atom. The van der Waals surface area contributed by atoms with E-state index in [9.17, 15) is 5.11 Å². The number of imidazole rings is 1. The van der Waals surface area contributed by atoms with Crippen molar-refractivity contribution in [3.8, 4) is 89.7 Å². The minimum Gasteiger partial charge on any atom is -0.507 e. The van der Waals surface area contributed by atoms with Crippen molar-refractivity contribution in [2.24, 2.45) is 0 Å². The van der Waals surface area contributed by atoms with E-state index in [1.54, 1.807) is 0 Å². The van der Waals surface area contributed by atoms with E-state index >= 15 is 0 Å². The van der Waals surface area contributed by atoms with Crippen LogP contribution in [0.25, 0.3) is 95.0 Å². The van der Waals surface area contributed by atoms with Crippen molar-refractivity contribution in [2.45, 2.75) is 138 Å². The molecule has 0 amide bonds. The molecule has 0 atom stereocenters. The van der Waals surface area contributed by atoms with Crippen LogP contribution in [0.2, 0.25) is 0 Å². The summed E-state index contributed by atoms with van der Waals surface area (Å²) in [6.45, 7) is 30.8. The number of para-hydroxylation sites is 1. The lowest BCUT2D eigenvalue weighted by Crippen LogP contribution is -2.17. The number of hydrogen-bond donors (Lipinski definition) is 1. The minimum absolute atomic E-state index is 0.180. The molecule has 0 spiro atoms. The molecule has 4 nitrogen and oxygen atoms in total. The van der Waals surface area contributed by atoms with Crippen LogP contribution in [0.15, 0.2) is 182 Å². The third-order valence-corrected chi connectivity index (χ3v) is 15.7. The zero-order valence-electron chi connectivity index (χ0n) is 52.1. The molecule has 0 saturated heterocycles. The smallest absolute Gasteiger partial charge is 0.149 e. The van der Waals surface area contributed by atoms with Crippen LogP contribution in [-0.2, 0) is 27.1 Å². The number of phenolic OH excluding ortho intramolecular Hbond substituents is 1. The molecule has 79 heavy (non-hydrogen) atoms. The molecule has 0 aliphatic rings. The number of nitrogens with zero attached hydrogens (tertiary/aromatic N) is 3. The van der Waals surface area contributed by atoms with Gasteiger partial charge in [0.15, 0.2) is 0 Å². The summed E-state index contributed by atoms with van der Waals surface area (Å²) in [5.41, 5.74) is 19.4. The minimum atomic E-state index is -2.27. The Hall–Kier alpha value is -7.82. The van der Waals surface area contributed by atoms with Gasteiger partial charge in [-0.05, 0) is 149 Å². The van der Waals surface area contributed by atoms with Crippen molar-refractivity contribution in [2.75, 3.05) is 0 Å². The fourth-order valence-electron chi connectivity index (χ4n) is 10.8. The van der Waals surface area contributed by atoms with Crippen LogP contribution in [0, 0.1) is 6.85 Å². The number of fused-ring (bicyclic) bond motifs is 1. The highest BCUT2D eigenvalue weighted by Gasteiger charge is 2.32. The number of aromatic hydroxyl groups is 1. The average molecular weight is 1040 g/mol. The molecular formula is C75H79N3O. The lowest BCUT2D eigenvalue weighted by molar-refractivity contribution is 0.446. The first-order valence-corrected chi connectivity index (χ1v) is 27.9. The summed E-state index contributed by atoms with van der Waals surface area (Å²) in [7, 11) is 0. The molecule has 400 valence electrons. The van der Waals surface area contributed by atoms with Crippen LogP contribution in [0.3, 0.4) is 0 Å². The van der Waals surface area contributed by atoms with Crippen molar-refractivity contribution in [3.63, 3.8) is 0 Å². The van der Waals surface area contributed by atoms with Gasteiger partial charge in [0.25, 0.3) is 0 Å². The zero-order chi connectivity index (χ0) is 59.1. The third kappa shape index (κ3) is 10.9. The molecule has 10 rings (SSSR count). The second-order valence-corrected chi connectivity index (χ2v) is 26.8. The van der Waals surface area contributed by atoms with Gasteiger partial charge in [0, 0.05) is 38.1 Å². The lowest BCUT2D eigenvalue weighted by Gasteiger charge is -2.28. The number of aryl methyl sites for hydroxylation is 1. The predicted molar refractivity (Wildman–Crippen MR) is 337 cm³/mol. The first-order valence-electron chi connectivity index (χ1n) is 29.4. The highest BCUT2D eigenvalue weighted by atomic mass is 16.3. The van der Waals surface area contributed by atoms with Gasteiger partial charge in [-0.1, -0.05) is 231 Å². The fourth-order valence-corrected chi connectivity index (χ4v) is 10.8. The van der Waals surface area contributed by atoms with E-state index < -0.39 is 6.85 Å². The van der Waals surface area contributed by atoms with Crippen LogP contribution >= 0.6 is 0 Å². The Balaban J connectivity index is 1.22. The number of rotatable bonds is 8. The summed E-state index contributed by atoms with van der Waals surface area (Å²) in [5, 5.41) is 12.9. The summed E-state index contributed by atoms with van der Waals surface area (Å²) >= 11 is 0. The van der Waals surface area contributed by atoms with Gasteiger partial charge in [-0.2, -0.15) is 0 Å². The Morgan fingerprint density at radius 1 is 0.392 bits per heavy atom. The average Bonchev–Trinajstić information content (AvgIpc) is 2.84. The van der Waals surface area contributed by atoms with E-state index in [0.717, 1.165) is 100 Å². The lowest BCUT2D eigenvalue weighted by atomic mass is 9.78. The standard InChI is InChI=1S/C75H79N3O/c1-47-38-55(71(2,3)4)34-35-59(47)51-32-30-48(31-33-51)52-36-37-76-65(42-52)54-39-53(40-56(41-54)72(5,6)7)60-28-23-29-66-67(60)77-70(63-45-58(74(11,12)13)46-64(69(63)79)75(14,15)16)78(66)68-61(49-24-19-17-20-25-49)43-57(73(8,9)10)44-62(68)50-26-21-18-22-27-50/h17-46,79H,1-16H3/i1D3. The van der Waals surface area contributed by atoms with Crippen LogP contribution in [0.5, 0.6) is 5.75 Å². The molecule has 0 fully saturated rings. The molecule has 0 aliphatic carbocycles. The Labute approximate surface area is 475 Å². The molecule has 0 aliphatic heterocycles. The van der Waals surface area contributed by atoms with Gasteiger partial charge in [-0.25, -0.2) is 4.98 Å². The van der Waals surface area contributed by atoms with Crippen molar-refractivity contribution in [1.29, 1.82) is 0 Å². The predicted octanol–water partition coefficient (Wildman–Crippen LogP) is 20.6. The summed E-state index contributed by atoms with van der Waals surface area (Å²) in [4.78, 5) is 10.9. The number of benzene rings is 8. The molecule has 8 aromatic carbocycles. The van der Waals surface area contributed by atoms with Gasteiger partial charge in [-0.3, -0.25) is 9.55 Å². The number of phenols is 1. The fraction of sp³-hybridized carbons (Fsp3) is 0.280. The molecule has 0 saturated carbocycles. The van der Waals surface area contributed by atoms with Gasteiger partial charge in [0.05, 0.1) is 28.0 Å². The molecule has 1 N–H and O–H groups in total. The van der Waals surface area contributed by atoms with Crippen molar-refractivity contribution < 1.29 is 9.22 Å². The van der Waals surface area contributed by atoms with Gasteiger partial charge >= 0.3 is 0 Å². The van der Waals surface area contributed by atoms with E-state index in [1.165, 1.54) is 5.56 Å². The Morgan fingerprint density at radius 3 is 1.49 bits per heavy atom. The second-order valence-electron chi connectivity index (χ2n) is 26.8. The molecule has 4 heteroatoms. The molecule has 0 unspecified atom stereocenters. The highest BCUT2D eigenvalue weighted by molar-refractivity contribution is 6.00. The summed E-state index contributed by atoms with van der Waals surface area (Å²) in [6, 6.07) is 62.0. The monoisotopic (exact) mass is 1040 g/mol.